The predicted molar refractivity (Wildman–Crippen MR) is 60.4 cm³/mol. The molecule has 2 bridgehead atoms. The van der Waals surface area contributed by atoms with Crippen molar-refractivity contribution in [2.24, 2.45) is 0 Å². The summed E-state index contributed by atoms with van der Waals surface area (Å²) in [5.74, 6) is 0. The molecule has 0 aromatic heterocycles. The molecule has 2 saturated heterocycles. The van der Waals surface area contributed by atoms with Gasteiger partial charge in [-0.3, -0.25) is 4.90 Å². The minimum Gasteiger partial charge on any atom is -0.444 e. The van der Waals surface area contributed by atoms with E-state index in [4.69, 9.17) is 4.74 Å². The molecule has 2 aliphatic rings. The van der Waals surface area contributed by atoms with E-state index in [-0.39, 0.29) is 6.04 Å². The Kier molecular flexibility index (Phi) is 3.06. The van der Waals surface area contributed by atoms with Gasteiger partial charge in [-0.05, 0) is 40.0 Å². The number of aliphatic hydroxyl groups excluding tert-OH is 1. The zero-order valence-corrected chi connectivity index (χ0v) is 10.5. The van der Waals surface area contributed by atoms with Gasteiger partial charge in [-0.25, -0.2) is 9.18 Å². The Labute approximate surface area is 101 Å². The highest BCUT2D eigenvalue weighted by atomic mass is 19.1. The Morgan fingerprint density at radius 2 is 2.06 bits per heavy atom. The molecule has 4 atom stereocenters. The third-order valence-corrected chi connectivity index (χ3v) is 3.40. The number of halogens is 1. The zero-order chi connectivity index (χ0) is 12.8. The number of aliphatic hydroxyl groups is 1. The summed E-state index contributed by atoms with van der Waals surface area (Å²) in [6, 6.07) is -0.588. The van der Waals surface area contributed by atoms with Gasteiger partial charge in [0.2, 0.25) is 0 Å². The summed E-state index contributed by atoms with van der Waals surface area (Å²) < 4.78 is 19.1. The molecule has 2 heterocycles. The Morgan fingerprint density at radius 3 is 2.65 bits per heavy atom. The summed E-state index contributed by atoms with van der Waals surface area (Å²) in [4.78, 5) is 13.5. The summed E-state index contributed by atoms with van der Waals surface area (Å²) in [5, 5.41) is 9.54. The van der Waals surface area contributed by atoms with Gasteiger partial charge in [-0.2, -0.15) is 0 Å². The molecular weight excluding hydrogens is 225 g/mol. The first kappa shape index (κ1) is 12.6. The highest BCUT2D eigenvalue weighted by Gasteiger charge is 2.50. The number of hydrogen-bond acceptors (Lipinski definition) is 3. The van der Waals surface area contributed by atoms with Gasteiger partial charge in [0.25, 0.3) is 0 Å². The molecule has 1 N–H and O–H groups in total. The minimum atomic E-state index is -1.35. The van der Waals surface area contributed by atoms with Gasteiger partial charge in [0, 0.05) is 6.04 Å². The predicted octanol–water partition coefficient (Wildman–Crippen LogP) is 1.86. The number of carbonyl (C=O) groups is 1. The second-order valence-corrected chi connectivity index (χ2v) is 5.93. The van der Waals surface area contributed by atoms with Crippen molar-refractivity contribution in [3.8, 4) is 0 Å². The van der Waals surface area contributed by atoms with Crippen LogP contribution in [0.1, 0.15) is 40.0 Å². The van der Waals surface area contributed by atoms with Crippen LogP contribution in [0, 0.1) is 0 Å². The molecule has 4 nitrogen and oxygen atoms in total. The number of ether oxygens (including phenoxy) is 1. The van der Waals surface area contributed by atoms with E-state index < -0.39 is 30.0 Å². The average molecular weight is 245 g/mol. The molecule has 2 aliphatic heterocycles. The lowest BCUT2D eigenvalue weighted by Gasteiger charge is -2.39. The van der Waals surface area contributed by atoms with Crippen LogP contribution < -0.4 is 0 Å². The molecule has 0 spiro atoms. The van der Waals surface area contributed by atoms with Crippen LogP contribution in [0.4, 0.5) is 9.18 Å². The number of fused-ring (bicyclic) bond motifs is 2. The van der Waals surface area contributed by atoms with Crippen LogP contribution in [0.3, 0.4) is 0 Å². The van der Waals surface area contributed by atoms with E-state index in [9.17, 15) is 14.3 Å². The van der Waals surface area contributed by atoms with Crippen LogP contribution >= 0.6 is 0 Å². The molecule has 5 heteroatoms. The Morgan fingerprint density at radius 1 is 1.41 bits per heavy atom. The van der Waals surface area contributed by atoms with E-state index in [0.717, 1.165) is 6.42 Å². The standard InChI is InChI=1S/C12H20FNO3/c1-12(2,3)17-11(16)14-7-4-5-8(14)10(13)9(15)6-7/h7-10,15H,4-6H2,1-3H3/t7-,8-,9-,10+/m0/s1. The number of carbonyl (C=O) groups excluding carboxylic acids is 1. The van der Waals surface area contributed by atoms with E-state index in [1.807, 2.05) is 0 Å². The van der Waals surface area contributed by atoms with Crippen molar-refractivity contribution >= 4 is 6.09 Å². The summed E-state index contributed by atoms with van der Waals surface area (Å²) in [6.45, 7) is 5.37. The van der Waals surface area contributed by atoms with Crippen molar-refractivity contribution in [1.82, 2.24) is 4.90 Å². The van der Waals surface area contributed by atoms with Gasteiger partial charge in [-0.1, -0.05) is 0 Å². The molecule has 0 unspecified atom stereocenters. The molecule has 2 rings (SSSR count). The Balaban J connectivity index is 2.10. The second-order valence-electron chi connectivity index (χ2n) is 5.93. The van der Waals surface area contributed by atoms with Gasteiger partial charge in [0.15, 0.2) is 0 Å². The van der Waals surface area contributed by atoms with Crippen LogP contribution in [0.25, 0.3) is 0 Å². The van der Waals surface area contributed by atoms with Crippen molar-refractivity contribution < 1.29 is 19.0 Å². The number of alkyl halides is 1. The fraction of sp³-hybridized carbons (Fsp3) is 0.917. The van der Waals surface area contributed by atoms with Crippen molar-refractivity contribution in [3.63, 3.8) is 0 Å². The maximum Gasteiger partial charge on any atom is 0.410 e. The van der Waals surface area contributed by atoms with Crippen LogP contribution in [0.15, 0.2) is 0 Å². The van der Waals surface area contributed by atoms with Crippen LogP contribution in [0.5, 0.6) is 0 Å². The SMILES string of the molecule is CC(C)(C)OC(=O)N1[C@H]2CC[C@H]1[C@@H](F)[C@@H](O)C2. The third kappa shape index (κ3) is 2.39. The van der Waals surface area contributed by atoms with Crippen LogP contribution in [0.2, 0.25) is 0 Å². The van der Waals surface area contributed by atoms with Gasteiger partial charge < -0.3 is 9.84 Å². The Hall–Kier alpha value is -0.840. The Bertz CT molecular complexity index is 315. The third-order valence-electron chi connectivity index (χ3n) is 3.40. The lowest BCUT2D eigenvalue weighted by Crippen LogP contribution is -2.55. The molecule has 17 heavy (non-hydrogen) atoms. The lowest BCUT2D eigenvalue weighted by molar-refractivity contribution is -0.0478. The van der Waals surface area contributed by atoms with E-state index in [0.29, 0.717) is 12.8 Å². The van der Waals surface area contributed by atoms with Gasteiger partial charge in [-0.15, -0.1) is 0 Å². The van der Waals surface area contributed by atoms with Crippen molar-refractivity contribution in [1.29, 1.82) is 0 Å². The number of rotatable bonds is 0. The maximum atomic E-state index is 13.8. The normalized spacial score (nSPS) is 37.1. The monoisotopic (exact) mass is 245 g/mol. The molecule has 1 amide bonds. The minimum absolute atomic E-state index is 0.0724. The molecule has 98 valence electrons. The number of nitrogens with zero attached hydrogens (tertiary/aromatic N) is 1. The molecule has 0 radical (unpaired) electrons. The van der Waals surface area contributed by atoms with Crippen molar-refractivity contribution in [2.45, 2.75) is 70.0 Å². The first-order valence-electron chi connectivity index (χ1n) is 6.13. The highest BCUT2D eigenvalue weighted by molar-refractivity contribution is 5.69. The van der Waals surface area contributed by atoms with Crippen molar-refractivity contribution in [3.05, 3.63) is 0 Å². The first-order chi connectivity index (χ1) is 7.79. The zero-order valence-electron chi connectivity index (χ0n) is 10.5. The van der Waals surface area contributed by atoms with Gasteiger partial charge in [0.05, 0.1) is 12.1 Å². The highest BCUT2D eigenvalue weighted by Crippen LogP contribution is 2.38. The largest absolute Gasteiger partial charge is 0.444 e. The van der Waals surface area contributed by atoms with Crippen LogP contribution in [-0.2, 0) is 4.74 Å². The average Bonchev–Trinajstić information content (AvgIpc) is 2.51. The fourth-order valence-electron chi connectivity index (χ4n) is 2.72. The molecule has 0 aromatic carbocycles. The van der Waals surface area contributed by atoms with Crippen molar-refractivity contribution in [2.75, 3.05) is 0 Å². The number of piperidine rings is 1. The van der Waals surface area contributed by atoms with Gasteiger partial charge in [0.1, 0.15) is 11.8 Å². The summed E-state index contributed by atoms with van der Waals surface area (Å²) >= 11 is 0. The first-order valence-corrected chi connectivity index (χ1v) is 6.13. The van der Waals surface area contributed by atoms with E-state index in [1.165, 1.54) is 4.90 Å². The molecule has 0 aliphatic carbocycles. The number of amides is 1. The smallest absolute Gasteiger partial charge is 0.410 e. The molecular formula is C12H20FNO3. The summed E-state index contributed by atoms with van der Waals surface area (Å²) in [5.41, 5.74) is -0.571. The molecule has 0 saturated carbocycles. The van der Waals surface area contributed by atoms with E-state index >= 15 is 0 Å². The lowest BCUT2D eigenvalue weighted by atomic mass is 9.98. The summed E-state index contributed by atoms with van der Waals surface area (Å²) in [7, 11) is 0. The number of hydrogen-bond donors (Lipinski definition) is 1. The van der Waals surface area contributed by atoms with E-state index in [1.54, 1.807) is 20.8 Å². The summed E-state index contributed by atoms with van der Waals surface area (Å²) in [6.07, 6.45) is -1.06. The molecule has 0 aromatic rings. The topological polar surface area (TPSA) is 49.8 Å². The van der Waals surface area contributed by atoms with Crippen LogP contribution in [-0.4, -0.2) is 46.1 Å². The van der Waals surface area contributed by atoms with E-state index in [2.05, 4.69) is 0 Å². The quantitative estimate of drug-likeness (QED) is 0.708. The van der Waals surface area contributed by atoms with Gasteiger partial charge >= 0.3 is 6.09 Å². The molecule has 2 fully saturated rings. The maximum absolute atomic E-state index is 13.8. The fourth-order valence-corrected chi connectivity index (χ4v) is 2.72. The second kappa shape index (κ2) is 4.12.